The number of unbranched alkanes of at least 4 members (excludes halogenated alkanes) is 11. The van der Waals surface area contributed by atoms with E-state index in [1.54, 1.807) is 0 Å². The fraction of sp³-hybridized carbons (Fsp3) is 0.571. The number of ether oxygens (including phenoxy) is 4. The highest BCUT2D eigenvalue weighted by molar-refractivity contribution is 5.81. The summed E-state index contributed by atoms with van der Waals surface area (Å²) in [5, 5.41) is 0. The molecule has 1 heterocycles. The van der Waals surface area contributed by atoms with Gasteiger partial charge in [-0.15, -0.1) is 0 Å². The quantitative estimate of drug-likeness (QED) is 0.0598. The summed E-state index contributed by atoms with van der Waals surface area (Å²) in [5.74, 6) is 1.50. The van der Waals surface area contributed by atoms with Crippen molar-refractivity contribution in [1.82, 2.24) is 0 Å². The largest absolute Gasteiger partial charge is 0.494 e. The van der Waals surface area contributed by atoms with E-state index in [1.165, 1.54) is 81.4 Å². The van der Waals surface area contributed by atoms with E-state index < -0.39 is 0 Å². The summed E-state index contributed by atoms with van der Waals surface area (Å²) in [6.45, 7) is 8.37. The topological polar surface area (TPSA) is 57.3 Å². The molecule has 1 aliphatic heterocycles. The summed E-state index contributed by atoms with van der Waals surface area (Å²) in [7, 11) is 0. The van der Waals surface area contributed by atoms with Crippen LogP contribution in [0.15, 0.2) is 61.2 Å². The Bertz CT molecular complexity index is 962. The SMILES string of the molecule is C=CC(=O)OCCCCCCCCCCCOc1ccc(-c2ccc(OC[C@]3(CCCCCC)CO3)cc2)cc1. The molecule has 0 N–H and O–H groups in total. The van der Waals surface area contributed by atoms with E-state index in [1.807, 2.05) is 0 Å². The third-order valence-corrected chi connectivity index (χ3v) is 7.55. The van der Waals surface area contributed by atoms with Crippen LogP contribution in [0.5, 0.6) is 11.5 Å². The van der Waals surface area contributed by atoms with Crippen molar-refractivity contribution in [3.8, 4) is 22.6 Å². The standard InChI is InChI=1S/C35H50O5/c1-3-5-6-14-25-35(29-40-35)28-39-33-23-19-31(20-24-33)30-17-21-32(22-18-30)37-26-15-12-10-8-7-9-11-13-16-27-38-34(36)4-2/h4,17-24H,2-3,5-16,25-29H2,1H3/t35-/m1/s1. The second-order valence-electron chi connectivity index (χ2n) is 11.0. The molecule has 40 heavy (non-hydrogen) atoms. The van der Waals surface area contributed by atoms with Gasteiger partial charge in [-0.2, -0.15) is 0 Å². The van der Waals surface area contributed by atoms with Crippen molar-refractivity contribution in [3.05, 3.63) is 61.2 Å². The second kappa shape index (κ2) is 18.5. The number of hydrogen-bond donors (Lipinski definition) is 0. The van der Waals surface area contributed by atoms with Gasteiger partial charge in [0.15, 0.2) is 0 Å². The zero-order valence-electron chi connectivity index (χ0n) is 24.7. The van der Waals surface area contributed by atoms with Gasteiger partial charge in [0.1, 0.15) is 23.7 Å². The molecule has 0 bridgehead atoms. The average Bonchev–Trinajstić information content (AvgIpc) is 3.77. The van der Waals surface area contributed by atoms with Crippen LogP contribution in [-0.4, -0.2) is 38.0 Å². The summed E-state index contributed by atoms with van der Waals surface area (Å²) >= 11 is 0. The zero-order chi connectivity index (χ0) is 28.3. The van der Waals surface area contributed by atoms with Crippen molar-refractivity contribution in [3.63, 3.8) is 0 Å². The van der Waals surface area contributed by atoms with Crippen molar-refractivity contribution >= 4 is 5.97 Å². The first kappa shape index (κ1) is 31.7. The summed E-state index contributed by atoms with van der Waals surface area (Å²) in [6.07, 6.45) is 18.0. The molecule has 2 aromatic carbocycles. The molecule has 0 unspecified atom stereocenters. The van der Waals surface area contributed by atoms with Crippen LogP contribution in [0.3, 0.4) is 0 Å². The summed E-state index contributed by atoms with van der Waals surface area (Å²) < 4.78 is 22.7. The van der Waals surface area contributed by atoms with Gasteiger partial charge >= 0.3 is 5.97 Å². The second-order valence-corrected chi connectivity index (χ2v) is 11.0. The highest BCUT2D eigenvalue weighted by Crippen LogP contribution is 2.34. The Morgan fingerprint density at radius 1 is 0.750 bits per heavy atom. The number of carbonyl (C=O) groups is 1. The van der Waals surface area contributed by atoms with Crippen molar-refractivity contribution in [2.45, 2.75) is 102 Å². The van der Waals surface area contributed by atoms with Gasteiger partial charge in [0.2, 0.25) is 0 Å². The summed E-state index contributed by atoms with van der Waals surface area (Å²) in [4.78, 5) is 11.0. The third-order valence-electron chi connectivity index (χ3n) is 7.55. The number of epoxide rings is 1. The smallest absolute Gasteiger partial charge is 0.330 e. The van der Waals surface area contributed by atoms with Crippen LogP contribution in [-0.2, 0) is 14.3 Å². The Kier molecular flexibility index (Phi) is 14.7. The molecule has 3 rings (SSSR count). The van der Waals surface area contributed by atoms with Crippen molar-refractivity contribution < 1.29 is 23.7 Å². The van der Waals surface area contributed by atoms with E-state index in [4.69, 9.17) is 18.9 Å². The minimum absolute atomic E-state index is 0.0469. The number of esters is 1. The predicted molar refractivity (Wildman–Crippen MR) is 163 cm³/mol. The summed E-state index contributed by atoms with van der Waals surface area (Å²) in [5.41, 5.74) is 2.30. The molecule has 1 saturated heterocycles. The van der Waals surface area contributed by atoms with E-state index in [-0.39, 0.29) is 11.6 Å². The number of benzene rings is 2. The van der Waals surface area contributed by atoms with Crippen LogP contribution in [0.2, 0.25) is 0 Å². The average molecular weight is 551 g/mol. The van der Waals surface area contributed by atoms with E-state index in [2.05, 4.69) is 62.0 Å². The molecular formula is C35H50O5. The lowest BCUT2D eigenvalue weighted by Crippen LogP contribution is -2.21. The van der Waals surface area contributed by atoms with Crippen LogP contribution in [0.25, 0.3) is 11.1 Å². The maximum Gasteiger partial charge on any atom is 0.330 e. The maximum atomic E-state index is 11.0. The molecule has 0 amide bonds. The predicted octanol–water partition coefficient (Wildman–Crippen LogP) is 9.09. The molecule has 5 nitrogen and oxygen atoms in total. The first-order valence-electron chi connectivity index (χ1n) is 15.5. The normalized spacial score (nSPS) is 15.9. The van der Waals surface area contributed by atoms with Gasteiger partial charge in [-0.1, -0.05) is 108 Å². The fourth-order valence-electron chi connectivity index (χ4n) is 4.84. The van der Waals surface area contributed by atoms with Crippen molar-refractivity contribution in [2.24, 2.45) is 0 Å². The molecule has 2 aromatic rings. The van der Waals surface area contributed by atoms with Crippen molar-refractivity contribution in [2.75, 3.05) is 26.4 Å². The molecule has 0 aliphatic carbocycles. The Balaban J connectivity index is 1.21. The Morgan fingerprint density at radius 2 is 1.25 bits per heavy atom. The van der Waals surface area contributed by atoms with Gasteiger partial charge in [0, 0.05) is 6.08 Å². The first-order valence-corrected chi connectivity index (χ1v) is 15.5. The molecule has 1 fully saturated rings. The Morgan fingerprint density at radius 3 is 1.77 bits per heavy atom. The monoisotopic (exact) mass is 550 g/mol. The van der Waals surface area contributed by atoms with Gasteiger partial charge in [-0.3, -0.25) is 0 Å². The highest BCUT2D eigenvalue weighted by atomic mass is 16.6. The van der Waals surface area contributed by atoms with E-state index in [0.717, 1.165) is 50.4 Å². The van der Waals surface area contributed by atoms with Crippen LogP contribution >= 0.6 is 0 Å². The Hall–Kier alpha value is -2.79. The van der Waals surface area contributed by atoms with Crippen LogP contribution in [0, 0.1) is 0 Å². The van der Waals surface area contributed by atoms with E-state index in [0.29, 0.717) is 13.2 Å². The zero-order valence-corrected chi connectivity index (χ0v) is 24.7. The van der Waals surface area contributed by atoms with Gasteiger partial charge in [0.05, 0.1) is 19.8 Å². The lowest BCUT2D eigenvalue weighted by molar-refractivity contribution is -0.137. The van der Waals surface area contributed by atoms with Crippen LogP contribution in [0.1, 0.15) is 96.8 Å². The van der Waals surface area contributed by atoms with E-state index in [9.17, 15) is 4.79 Å². The molecule has 0 radical (unpaired) electrons. The van der Waals surface area contributed by atoms with Crippen molar-refractivity contribution in [1.29, 1.82) is 0 Å². The third kappa shape index (κ3) is 12.6. The fourth-order valence-corrected chi connectivity index (χ4v) is 4.84. The molecule has 0 saturated carbocycles. The van der Waals surface area contributed by atoms with Gasteiger partial charge in [0.25, 0.3) is 0 Å². The maximum absolute atomic E-state index is 11.0. The number of rotatable bonds is 23. The van der Waals surface area contributed by atoms with Gasteiger partial charge in [-0.25, -0.2) is 4.79 Å². The first-order chi connectivity index (χ1) is 19.6. The molecule has 5 heteroatoms. The molecule has 1 aliphatic rings. The molecule has 0 spiro atoms. The molecule has 0 aromatic heterocycles. The van der Waals surface area contributed by atoms with E-state index >= 15 is 0 Å². The lowest BCUT2D eigenvalue weighted by atomic mass is 10.0. The highest BCUT2D eigenvalue weighted by Gasteiger charge is 2.44. The molecule has 1 atom stereocenters. The minimum atomic E-state index is -0.325. The Labute approximate surface area is 242 Å². The summed E-state index contributed by atoms with van der Waals surface area (Å²) in [6, 6.07) is 16.7. The van der Waals surface area contributed by atoms with Gasteiger partial charge in [-0.05, 0) is 54.7 Å². The minimum Gasteiger partial charge on any atom is -0.494 e. The van der Waals surface area contributed by atoms with Crippen LogP contribution in [0.4, 0.5) is 0 Å². The number of carbonyl (C=O) groups excluding carboxylic acids is 1. The molecule has 220 valence electrons. The number of hydrogen-bond acceptors (Lipinski definition) is 5. The lowest BCUT2D eigenvalue weighted by Gasteiger charge is -2.14. The molecular weight excluding hydrogens is 500 g/mol. The van der Waals surface area contributed by atoms with Gasteiger partial charge < -0.3 is 18.9 Å². The van der Waals surface area contributed by atoms with Crippen LogP contribution < -0.4 is 9.47 Å².